The molecule has 0 radical (unpaired) electrons. The van der Waals surface area contributed by atoms with Crippen molar-refractivity contribution in [1.82, 2.24) is 0 Å². The molecule has 0 aromatic carbocycles. The Morgan fingerprint density at radius 2 is 1.18 bits per heavy atom. The molecule has 0 aromatic heterocycles. The number of carboxylic acid groups (broad SMARTS) is 1. The van der Waals surface area contributed by atoms with Crippen molar-refractivity contribution in [2.24, 2.45) is 5.92 Å². The van der Waals surface area contributed by atoms with Gasteiger partial charge in [-0.05, 0) is 12.3 Å². The van der Waals surface area contributed by atoms with Gasteiger partial charge in [0.1, 0.15) is 0 Å². The third-order valence-electron chi connectivity index (χ3n) is 4.39. The summed E-state index contributed by atoms with van der Waals surface area (Å²) in [5.74, 6) is 0.116. The average molecular weight is 325 g/mol. The Balaban J connectivity index is 0. The zero-order valence-corrected chi connectivity index (χ0v) is 14.5. The van der Waals surface area contributed by atoms with Crippen LogP contribution in [-0.4, -0.2) is 34.1 Å². The molecule has 0 aliphatic heterocycles. The number of carboxylic acids is 1. The average Bonchev–Trinajstić information content (AvgIpc) is 2.45. The maximum atomic E-state index is 10.4. The van der Waals surface area contributed by atoms with Crippen molar-refractivity contribution in [3.05, 3.63) is 0 Å². The highest BCUT2D eigenvalue weighted by Gasteiger charge is 2.03. The largest absolute Gasteiger partial charge is 0.481 e. The van der Waals surface area contributed by atoms with E-state index in [4.69, 9.17) is 5.11 Å². The van der Waals surface area contributed by atoms with Crippen LogP contribution in [0.15, 0.2) is 0 Å². The van der Waals surface area contributed by atoms with Crippen molar-refractivity contribution in [2.45, 2.75) is 110 Å². The lowest BCUT2D eigenvalue weighted by molar-refractivity contribution is -0.137. The van der Waals surface area contributed by atoms with Crippen molar-refractivity contribution in [3.8, 4) is 0 Å². The molecule has 130 valence electrons. The quantitative estimate of drug-likeness (QED) is 0.294. The highest BCUT2D eigenvalue weighted by molar-refractivity contribution is 5.75. The molecule has 1 atom stereocenters. The van der Waals surface area contributed by atoms with Gasteiger partial charge in [0.25, 0.3) is 0 Å². The van der Waals surface area contributed by atoms with Crippen molar-refractivity contribution in [2.75, 3.05) is 0 Å². The zero-order chi connectivity index (χ0) is 15.8. The standard InChI is InChI=1S/C19H38O2.Mg.2H/c1-3-4-5-6-7-8-9-10-11-12-15-18(2)16-13-14-17-19(20)21;;;/h18H,3-17H2,1-2H3,(H,20,21);;;. The summed E-state index contributed by atoms with van der Waals surface area (Å²) < 4.78 is 0. The first-order valence-corrected chi connectivity index (χ1v) is 9.38. The fourth-order valence-electron chi connectivity index (χ4n) is 2.89. The molecular weight excluding hydrogens is 285 g/mol. The second-order valence-corrected chi connectivity index (χ2v) is 6.72. The van der Waals surface area contributed by atoms with Crippen LogP contribution in [0.25, 0.3) is 0 Å². The maximum absolute atomic E-state index is 10.4. The van der Waals surface area contributed by atoms with Gasteiger partial charge in [-0.15, -0.1) is 0 Å². The van der Waals surface area contributed by atoms with Gasteiger partial charge in [0.05, 0.1) is 0 Å². The zero-order valence-electron chi connectivity index (χ0n) is 14.5. The normalized spacial score (nSPS) is 11.9. The fraction of sp³-hybridized carbons (Fsp3) is 0.947. The molecule has 0 spiro atoms. The van der Waals surface area contributed by atoms with Crippen molar-refractivity contribution >= 4 is 29.0 Å². The monoisotopic (exact) mass is 324 g/mol. The van der Waals surface area contributed by atoms with Crippen LogP contribution in [0.4, 0.5) is 0 Å². The first kappa shape index (κ1) is 24.5. The number of rotatable bonds is 16. The molecule has 0 saturated carbocycles. The second kappa shape index (κ2) is 19.3. The lowest BCUT2D eigenvalue weighted by Crippen LogP contribution is -1.98. The van der Waals surface area contributed by atoms with E-state index in [2.05, 4.69) is 13.8 Å². The third-order valence-corrected chi connectivity index (χ3v) is 4.39. The van der Waals surface area contributed by atoms with Crippen LogP contribution in [0.3, 0.4) is 0 Å². The molecule has 22 heavy (non-hydrogen) atoms. The highest BCUT2D eigenvalue weighted by atomic mass is 24.3. The predicted molar refractivity (Wildman–Crippen MR) is 100 cm³/mol. The van der Waals surface area contributed by atoms with Gasteiger partial charge in [0.15, 0.2) is 0 Å². The molecule has 3 heteroatoms. The van der Waals surface area contributed by atoms with Crippen LogP contribution in [0.5, 0.6) is 0 Å². The lowest BCUT2D eigenvalue weighted by atomic mass is 9.96. The van der Waals surface area contributed by atoms with Gasteiger partial charge >= 0.3 is 29.0 Å². The van der Waals surface area contributed by atoms with Crippen LogP contribution in [-0.2, 0) is 4.79 Å². The number of carbonyl (C=O) groups is 1. The Kier molecular flexibility index (Phi) is 21.5. The van der Waals surface area contributed by atoms with Gasteiger partial charge in [-0.2, -0.15) is 0 Å². The molecule has 1 unspecified atom stereocenters. The predicted octanol–water partition coefficient (Wildman–Crippen LogP) is 5.66. The van der Waals surface area contributed by atoms with E-state index < -0.39 is 5.97 Å². The number of unbranched alkanes of at least 4 members (excludes halogenated alkanes) is 10. The summed E-state index contributed by atoms with van der Waals surface area (Å²) in [4.78, 5) is 10.4. The van der Waals surface area contributed by atoms with E-state index in [1.165, 1.54) is 77.0 Å². The second-order valence-electron chi connectivity index (χ2n) is 6.72. The van der Waals surface area contributed by atoms with E-state index in [9.17, 15) is 4.79 Å². The summed E-state index contributed by atoms with van der Waals surface area (Å²) in [6.45, 7) is 4.58. The smallest absolute Gasteiger partial charge is 0.316 e. The molecule has 0 amide bonds. The molecular formula is C19H40MgO2. The molecule has 1 N–H and O–H groups in total. The Hall–Kier alpha value is 0.236. The van der Waals surface area contributed by atoms with Crippen LogP contribution < -0.4 is 0 Å². The third kappa shape index (κ3) is 20.2. The minimum Gasteiger partial charge on any atom is -0.481 e. The van der Waals surface area contributed by atoms with Gasteiger partial charge in [0, 0.05) is 6.42 Å². The molecule has 0 rings (SSSR count). The van der Waals surface area contributed by atoms with E-state index in [1.807, 2.05) is 0 Å². The van der Waals surface area contributed by atoms with E-state index in [0.717, 1.165) is 18.8 Å². The van der Waals surface area contributed by atoms with Gasteiger partial charge in [-0.25, -0.2) is 0 Å². The Morgan fingerprint density at radius 1 is 0.773 bits per heavy atom. The van der Waals surface area contributed by atoms with Crippen LogP contribution in [0.1, 0.15) is 110 Å². The van der Waals surface area contributed by atoms with Gasteiger partial charge in [0.2, 0.25) is 0 Å². The van der Waals surface area contributed by atoms with Crippen molar-refractivity contribution < 1.29 is 9.90 Å². The van der Waals surface area contributed by atoms with E-state index >= 15 is 0 Å². The first-order chi connectivity index (χ1) is 10.2. The molecule has 0 fully saturated rings. The highest BCUT2D eigenvalue weighted by Crippen LogP contribution is 2.18. The minimum absolute atomic E-state index is 0. The number of aliphatic carboxylic acids is 1. The molecule has 0 aromatic rings. The summed E-state index contributed by atoms with van der Waals surface area (Å²) in [5.41, 5.74) is 0. The molecule has 2 nitrogen and oxygen atoms in total. The van der Waals surface area contributed by atoms with Gasteiger partial charge < -0.3 is 5.11 Å². The number of hydrogen-bond acceptors (Lipinski definition) is 1. The van der Waals surface area contributed by atoms with Crippen LogP contribution in [0, 0.1) is 5.92 Å². The molecule has 0 bridgehead atoms. The molecule has 0 aliphatic rings. The summed E-state index contributed by atoms with van der Waals surface area (Å²) in [6, 6.07) is 0. The van der Waals surface area contributed by atoms with Crippen LogP contribution >= 0.6 is 0 Å². The Morgan fingerprint density at radius 3 is 1.64 bits per heavy atom. The summed E-state index contributed by atoms with van der Waals surface area (Å²) in [5, 5.41) is 8.58. The summed E-state index contributed by atoms with van der Waals surface area (Å²) in [7, 11) is 0. The van der Waals surface area contributed by atoms with Crippen molar-refractivity contribution in [1.29, 1.82) is 0 Å². The summed E-state index contributed by atoms with van der Waals surface area (Å²) in [6.07, 6.45) is 18.8. The fourth-order valence-corrected chi connectivity index (χ4v) is 2.89. The maximum Gasteiger partial charge on any atom is 0.316 e. The first-order valence-electron chi connectivity index (χ1n) is 9.38. The number of hydrogen-bond donors (Lipinski definition) is 1. The topological polar surface area (TPSA) is 37.3 Å². The molecule has 0 aliphatic carbocycles. The SMILES string of the molecule is CCCCCCCCCCCCC(C)CCCCC(=O)O.[MgH2]. The van der Waals surface area contributed by atoms with Crippen LogP contribution in [0.2, 0.25) is 0 Å². The van der Waals surface area contributed by atoms with Gasteiger partial charge in [-0.3, -0.25) is 4.79 Å². The molecule has 0 saturated heterocycles. The summed E-state index contributed by atoms with van der Waals surface area (Å²) >= 11 is 0. The molecule has 0 heterocycles. The van der Waals surface area contributed by atoms with Gasteiger partial charge in [-0.1, -0.05) is 97.3 Å². The Bertz CT molecular complexity index is 231. The Labute approximate surface area is 155 Å². The van der Waals surface area contributed by atoms with E-state index in [1.54, 1.807) is 0 Å². The van der Waals surface area contributed by atoms with E-state index in [0.29, 0.717) is 6.42 Å². The van der Waals surface area contributed by atoms with E-state index in [-0.39, 0.29) is 23.1 Å². The minimum atomic E-state index is -0.655. The lowest BCUT2D eigenvalue weighted by Gasteiger charge is -2.10. The van der Waals surface area contributed by atoms with Crippen molar-refractivity contribution in [3.63, 3.8) is 0 Å².